The minimum atomic E-state index is -0.500. The van der Waals surface area contributed by atoms with Crippen molar-refractivity contribution in [2.75, 3.05) is 37.9 Å². The number of aromatic nitrogens is 2. The average molecular weight is 494 g/mol. The van der Waals surface area contributed by atoms with Crippen molar-refractivity contribution in [1.82, 2.24) is 14.7 Å². The van der Waals surface area contributed by atoms with Crippen molar-refractivity contribution in [3.63, 3.8) is 0 Å². The van der Waals surface area contributed by atoms with E-state index in [4.69, 9.17) is 4.74 Å². The highest BCUT2D eigenvalue weighted by atomic mass is 16.5. The Morgan fingerprint density at radius 3 is 2.36 bits per heavy atom. The second-order valence-corrected chi connectivity index (χ2v) is 8.48. The lowest BCUT2D eigenvalue weighted by Crippen LogP contribution is -2.23. The maximum absolute atomic E-state index is 11.7. The highest BCUT2D eigenvalue weighted by molar-refractivity contribution is 5.90. The van der Waals surface area contributed by atoms with Crippen LogP contribution in [0, 0.1) is 13.8 Å². The number of carbonyl (C=O) groups excluding carboxylic acids is 2. The number of benzene rings is 2. The van der Waals surface area contributed by atoms with E-state index in [-0.39, 0.29) is 11.5 Å². The predicted molar refractivity (Wildman–Crippen MR) is 142 cm³/mol. The van der Waals surface area contributed by atoms with Crippen LogP contribution < -0.4 is 16.2 Å². The van der Waals surface area contributed by atoms with Crippen LogP contribution in [0.15, 0.2) is 65.5 Å². The van der Waals surface area contributed by atoms with Crippen molar-refractivity contribution in [3.8, 4) is 0 Å². The standard InChI is InChI=1S/C15H17N3O3.C12H18N2O/c1-3-21-15(20)16-13-6-4-5-12(9-13)10-18-14(19)8-7-11(2)17-18;1-10-4-6-11(7-5-10)13-12(15)8-9-14(2)3/h4-9H,3,10H2,1-2H3,(H,16,20);4-7H,8-9H2,1-3H3,(H,13,15). The van der Waals surface area contributed by atoms with Gasteiger partial charge < -0.3 is 15.0 Å². The predicted octanol–water partition coefficient (Wildman–Crippen LogP) is 4.05. The van der Waals surface area contributed by atoms with Crippen molar-refractivity contribution in [3.05, 3.63) is 87.8 Å². The monoisotopic (exact) mass is 493 g/mol. The minimum absolute atomic E-state index is 0.0625. The van der Waals surface area contributed by atoms with Gasteiger partial charge in [-0.25, -0.2) is 9.48 Å². The summed E-state index contributed by atoms with van der Waals surface area (Å²) in [6.45, 7) is 7.03. The number of ether oxygens (including phenoxy) is 1. The van der Waals surface area contributed by atoms with E-state index >= 15 is 0 Å². The Hall–Kier alpha value is -3.98. The fourth-order valence-electron chi connectivity index (χ4n) is 3.06. The van der Waals surface area contributed by atoms with Crippen molar-refractivity contribution >= 4 is 23.4 Å². The van der Waals surface area contributed by atoms with Crippen molar-refractivity contribution < 1.29 is 14.3 Å². The van der Waals surface area contributed by atoms with Crippen LogP contribution >= 0.6 is 0 Å². The average Bonchev–Trinajstić information content (AvgIpc) is 2.82. The third kappa shape index (κ3) is 10.5. The van der Waals surface area contributed by atoms with Crippen molar-refractivity contribution in [1.29, 1.82) is 0 Å². The summed E-state index contributed by atoms with van der Waals surface area (Å²) in [4.78, 5) is 36.6. The molecule has 192 valence electrons. The number of nitrogens with zero attached hydrogens (tertiary/aromatic N) is 3. The van der Waals surface area contributed by atoms with Gasteiger partial charge in [-0.15, -0.1) is 0 Å². The zero-order chi connectivity index (χ0) is 26.5. The smallest absolute Gasteiger partial charge is 0.411 e. The van der Waals surface area contributed by atoms with Crippen LogP contribution in [0.3, 0.4) is 0 Å². The second-order valence-electron chi connectivity index (χ2n) is 8.48. The van der Waals surface area contributed by atoms with Crippen LogP contribution in [0.2, 0.25) is 0 Å². The lowest BCUT2D eigenvalue weighted by atomic mass is 10.2. The van der Waals surface area contributed by atoms with Crippen LogP contribution in [0.4, 0.5) is 16.2 Å². The molecule has 2 aromatic carbocycles. The van der Waals surface area contributed by atoms with Gasteiger partial charge in [0.25, 0.3) is 5.56 Å². The van der Waals surface area contributed by atoms with Gasteiger partial charge in [-0.05, 0) is 70.8 Å². The van der Waals surface area contributed by atoms with Gasteiger partial charge in [-0.3, -0.25) is 14.9 Å². The van der Waals surface area contributed by atoms with E-state index in [9.17, 15) is 14.4 Å². The first kappa shape index (κ1) is 28.3. The molecular formula is C27H35N5O4. The van der Waals surface area contributed by atoms with E-state index < -0.39 is 6.09 Å². The van der Waals surface area contributed by atoms with E-state index in [0.717, 1.165) is 23.5 Å². The summed E-state index contributed by atoms with van der Waals surface area (Å²) < 4.78 is 6.21. The molecule has 0 atom stereocenters. The molecule has 0 saturated carbocycles. The van der Waals surface area contributed by atoms with Gasteiger partial charge in [0.2, 0.25) is 5.91 Å². The van der Waals surface area contributed by atoms with Crippen LogP contribution in [0.1, 0.15) is 30.2 Å². The van der Waals surface area contributed by atoms with Crippen molar-refractivity contribution in [2.24, 2.45) is 0 Å². The second kappa shape index (κ2) is 14.4. The first-order valence-corrected chi connectivity index (χ1v) is 11.7. The summed E-state index contributed by atoms with van der Waals surface area (Å²) in [5.41, 5.74) is 4.15. The quantitative estimate of drug-likeness (QED) is 0.490. The first-order chi connectivity index (χ1) is 17.2. The summed E-state index contributed by atoms with van der Waals surface area (Å²) in [7, 11) is 3.91. The van der Waals surface area contributed by atoms with E-state index in [2.05, 4.69) is 15.7 Å². The summed E-state index contributed by atoms with van der Waals surface area (Å²) in [6.07, 6.45) is 0.0291. The zero-order valence-corrected chi connectivity index (χ0v) is 21.6. The lowest BCUT2D eigenvalue weighted by molar-refractivity contribution is -0.116. The van der Waals surface area contributed by atoms with Gasteiger partial charge in [-0.1, -0.05) is 29.8 Å². The summed E-state index contributed by atoms with van der Waals surface area (Å²) >= 11 is 0. The molecule has 0 saturated heterocycles. The van der Waals surface area contributed by atoms with E-state index in [1.54, 1.807) is 31.2 Å². The molecule has 1 aromatic heterocycles. The first-order valence-electron chi connectivity index (χ1n) is 11.7. The number of hydrogen-bond acceptors (Lipinski definition) is 6. The normalized spacial score (nSPS) is 10.3. The zero-order valence-electron chi connectivity index (χ0n) is 21.6. The van der Waals surface area contributed by atoms with E-state index in [1.165, 1.54) is 16.3 Å². The molecule has 0 aliphatic heterocycles. The topological polar surface area (TPSA) is 106 Å². The van der Waals surface area contributed by atoms with Gasteiger partial charge in [-0.2, -0.15) is 5.10 Å². The van der Waals surface area contributed by atoms with Crippen molar-refractivity contribution in [2.45, 2.75) is 33.7 Å². The maximum Gasteiger partial charge on any atom is 0.411 e. The summed E-state index contributed by atoms with van der Waals surface area (Å²) in [6, 6.07) is 18.2. The number of nitrogens with one attached hydrogen (secondary N) is 2. The molecule has 2 amide bonds. The van der Waals surface area contributed by atoms with E-state index in [0.29, 0.717) is 25.3 Å². The summed E-state index contributed by atoms with van der Waals surface area (Å²) in [5.74, 6) is 0.0625. The molecule has 0 radical (unpaired) electrons. The Morgan fingerprint density at radius 2 is 1.69 bits per heavy atom. The molecule has 36 heavy (non-hydrogen) atoms. The van der Waals surface area contributed by atoms with Gasteiger partial charge in [0, 0.05) is 30.4 Å². The Balaban J connectivity index is 0.000000269. The molecule has 2 N–H and O–H groups in total. The number of aryl methyl sites for hydroxylation is 2. The third-order valence-corrected chi connectivity index (χ3v) is 4.90. The number of rotatable bonds is 8. The van der Waals surface area contributed by atoms with Crippen LogP contribution in [0.5, 0.6) is 0 Å². The van der Waals surface area contributed by atoms with Crippen LogP contribution in [-0.4, -0.2) is 53.9 Å². The van der Waals surface area contributed by atoms with E-state index in [1.807, 2.05) is 63.2 Å². The number of anilines is 2. The van der Waals surface area contributed by atoms with Gasteiger partial charge in [0.1, 0.15) is 0 Å². The Labute approximate surface area is 212 Å². The van der Waals surface area contributed by atoms with Gasteiger partial charge in [0.05, 0.1) is 18.8 Å². The molecule has 9 heteroatoms. The molecule has 0 bridgehead atoms. The lowest BCUT2D eigenvalue weighted by Gasteiger charge is -2.09. The molecule has 9 nitrogen and oxygen atoms in total. The molecule has 1 heterocycles. The maximum atomic E-state index is 11.7. The molecule has 0 fully saturated rings. The molecular weight excluding hydrogens is 458 g/mol. The molecule has 0 aliphatic rings. The Kier molecular flexibility index (Phi) is 11.3. The highest BCUT2D eigenvalue weighted by Crippen LogP contribution is 2.12. The van der Waals surface area contributed by atoms with Gasteiger partial charge >= 0.3 is 6.09 Å². The number of amides is 2. The van der Waals surface area contributed by atoms with Crippen LogP contribution in [0.25, 0.3) is 0 Å². The minimum Gasteiger partial charge on any atom is -0.450 e. The molecule has 0 spiro atoms. The molecule has 3 rings (SSSR count). The Morgan fingerprint density at radius 1 is 0.972 bits per heavy atom. The third-order valence-electron chi connectivity index (χ3n) is 4.90. The number of carbonyl (C=O) groups is 2. The molecule has 3 aromatic rings. The fraction of sp³-hybridized carbons (Fsp3) is 0.333. The number of hydrogen-bond donors (Lipinski definition) is 2. The summed E-state index contributed by atoms with van der Waals surface area (Å²) in [5, 5.41) is 9.67. The largest absolute Gasteiger partial charge is 0.450 e. The Bertz CT molecular complexity index is 1190. The molecule has 0 unspecified atom stereocenters. The fourth-order valence-corrected chi connectivity index (χ4v) is 3.06. The molecule has 0 aliphatic carbocycles. The van der Waals surface area contributed by atoms with Gasteiger partial charge in [0.15, 0.2) is 0 Å². The van der Waals surface area contributed by atoms with Crippen LogP contribution in [-0.2, 0) is 16.1 Å². The SMILES string of the molecule is CCOC(=O)Nc1cccc(Cn2nc(C)ccc2=O)c1.Cc1ccc(NC(=O)CCN(C)C)cc1. The highest BCUT2D eigenvalue weighted by Gasteiger charge is 2.05.